The number of ketones is 1. The first kappa shape index (κ1) is 37.0. The molecule has 0 saturated carbocycles. The standard InChI is InChI=1S/C40H39N3O9S/c1-26(2)38(43-53(48,49)31-20-19-27-11-6-7-13-29(27)21-31)34-23-40(52-42-34,25-51-30-15-4-3-5-16-30)39(47)41-33(22-37(45)46)35(44)24-50-36-18-10-14-28-12-8-9-17-32(28)36/h3-21,26,33,38,43H,22-25H2,1-2H3,(H,41,47)(H,45,46)/t33-,38?,40?/m0/s1. The molecular formula is C40H39N3O9S. The van der Waals surface area contributed by atoms with Gasteiger partial charge in [-0.2, -0.15) is 0 Å². The van der Waals surface area contributed by atoms with Crippen LogP contribution in [0.25, 0.3) is 21.5 Å². The molecule has 1 aliphatic rings. The van der Waals surface area contributed by atoms with Gasteiger partial charge in [0.1, 0.15) is 30.8 Å². The highest BCUT2D eigenvalue weighted by atomic mass is 32.2. The van der Waals surface area contributed by atoms with Gasteiger partial charge in [-0.25, -0.2) is 13.1 Å². The lowest BCUT2D eigenvalue weighted by Crippen LogP contribution is -2.57. The van der Waals surface area contributed by atoms with Crippen LogP contribution < -0.4 is 19.5 Å². The molecule has 0 spiro atoms. The van der Waals surface area contributed by atoms with Crippen LogP contribution in [-0.2, 0) is 29.2 Å². The Labute approximate surface area is 306 Å². The molecule has 2 unspecified atom stereocenters. The van der Waals surface area contributed by atoms with E-state index in [1.54, 1.807) is 68.4 Å². The first-order valence-corrected chi connectivity index (χ1v) is 18.5. The van der Waals surface area contributed by atoms with Crippen molar-refractivity contribution in [2.75, 3.05) is 13.2 Å². The Morgan fingerprint density at radius 1 is 0.849 bits per heavy atom. The minimum absolute atomic E-state index is 0.0542. The molecule has 1 amide bonds. The van der Waals surface area contributed by atoms with Crippen molar-refractivity contribution in [1.29, 1.82) is 0 Å². The van der Waals surface area contributed by atoms with Crippen molar-refractivity contribution < 1.29 is 42.2 Å². The summed E-state index contributed by atoms with van der Waals surface area (Å²) < 4.78 is 41.9. The zero-order chi connectivity index (χ0) is 37.6. The zero-order valence-corrected chi connectivity index (χ0v) is 29.9. The van der Waals surface area contributed by atoms with Crippen molar-refractivity contribution in [1.82, 2.24) is 10.0 Å². The number of carboxylic acids is 1. The fourth-order valence-electron chi connectivity index (χ4n) is 6.09. The average molecular weight is 738 g/mol. The third-order valence-corrected chi connectivity index (χ3v) is 10.4. The van der Waals surface area contributed by atoms with Crippen molar-refractivity contribution in [3.8, 4) is 11.5 Å². The summed E-state index contributed by atoms with van der Waals surface area (Å²) >= 11 is 0. The number of nitrogens with one attached hydrogen (secondary N) is 2. The van der Waals surface area contributed by atoms with Gasteiger partial charge >= 0.3 is 5.97 Å². The van der Waals surface area contributed by atoms with Crippen molar-refractivity contribution in [3.05, 3.63) is 115 Å². The Kier molecular flexibility index (Phi) is 11.1. The molecule has 1 heterocycles. The summed E-state index contributed by atoms with van der Waals surface area (Å²) in [7, 11) is -4.08. The predicted octanol–water partition coefficient (Wildman–Crippen LogP) is 5.50. The van der Waals surface area contributed by atoms with Crippen LogP contribution in [-0.4, -0.2) is 67.8 Å². The Morgan fingerprint density at radius 3 is 2.26 bits per heavy atom. The van der Waals surface area contributed by atoms with E-state index >= 15 is 0 Å². The lowest BCUT2D eigenvalue weighted by molar-refractivity contribution is -0.151. The molecule has 5 aromatic carbocycles. The van der Waals surface area contributed by atoms with Gasteiger partial charge in [0.2, 0.25) is 10.0 Å². The molecule has 13 heteroatoms. The Bertz CT molecular complexity index is 2270. The average Bonchev–Trinajstić information content (AvgIpc) is 3.60. The monoisotopic (exact) mass is 737 g/mol. The van der Waals surface area contributed by atoms with E-state index in [0.717, 1.165) is 21.5 Å². The second-order valence-corrected chi connectivity index (χ2v) is 14.9. The maximum atomic E-state index is 14.2. The van der Waals surface area contributed by atoms with Gasteiger partial charge in [-0.05, 0) is 52.4 Å². The second-order valence-electron chi connectivity index (χ2n) is 13.2. The number of fused-ring (bicyclic) bond motifs is 2. The number of aliphatic carboxylic acids is 1. The molecule has 3 atom stereocenters. The van der Waals surface area contributed by atoms with Gasteiger partial charge in [-0.15, -0.1) is 0 Å². The first-order chi connectivity index (χ1) is 25.4. The molecule has 0 saturated heterocycles. The van der Waals surface area contributed by atoms with E-state index in [2.05, 4.69) is 15.2 Å². The lowest BCUT2D eigenvalue weighted by atomic mass is 9.89. The van der Waals surface area contributed by atoms with Gasteiger partial charge in [0.15, 0.2) is 5.78 Å². The summed E-state index contributed by atoms with van der Waals surface area (Å²) in [4.78, 5) is 45.5. The van der Waals surface area contributed by atoms with Crippen LogP contribution in [0.5, 0.6) is 11.5 Å². The normalized spacial score (nSPS) is 16.8. The number of rotatable bonds is 16. The number of sulfonamides is 1. The third kappa shape index (κ3) is 8.65. The second kappa shape index (κ2) is 15.8. The first-order valence-electron chi connectivity index (χ1n) is 17.0. The number of ether oxygens (including phenoxy) is 2. The Morgan fingerprint density at radius 2 is 1.53 bits per heavy atom. The van der Waals surface area contributed by atoms with Crippen LogP contribution in [0.4, 0.5) is 0 Å². The number of carboxylic acid groups (broad SMARTS) is 1. The summed E-state index contributed by atoms with van der Waals surface area (Å²) in [5.41, 5.74) is -1.67. The van der Waals surface area contributed by atoms with E-state index in [1.165, 1.54) is 6.07 Å². The highest BCUT2D eigenvalue weighted by molar-refractivity contribution is 7.89. The highest BCUT2D eigenvalue weighted by Gasteiger charge is 2.51. The minimum Gasteiger partial charge on any atom is -0.489 e. The zero-order valence-electron chi connectivity index (χ0n) is 29.1. The van der Waals surface area contributed by atoms with Crippen molar-refractivity contribution >= 4 is 54.9 Å². The number of benzene rings is 5. The quantitative estimate of drug-likeness (QED) is 0.118. The molecule has 6 rings (SSSR count). The number of hydrogen-bond acceptors (Lipinski definition) is 9. The fourth-order valence-corrected chi connectivity index (χ4v) is 7.50. The van der Waals surface area contributed by atoms with Gasteiger partial charge in [0.05, 0.1) is 23.1 Å². The summed E-state index contributed by atoms with van der Waals surface area (Å²) in [6.45, 7) is 2.69. The predicted molar refractivity (Wildman–Crippen MR) is 199 cm³/mol. The maximum Gasteiger partial charge on any atom is 0.305 e. The number of hydrogen-bond donors (Lipinski definition) is 3. The van der Waals surface area contributed by atoms with Crippen molar-refractivity contribution in [2.24, 2.45) is 11.1 Å². The van der Waals surface area contributed by atoms with Gasteiger partial charge in [0, 0.05) is 11.8 Å². The largest absolute Gasteiger partial charge is 0.489 e. The fraction of sp³-hybridized carbons (Fsp3) is 0.250. The van der Waals surface area contributed by atoms with E-state index in [1.807, 2.05) is 54.6 Å². The minimum atomic E-state index is -4.08. The number of nitrogens with zero attached hydrogens (tertiary/aromatic N) is 1. The van der Waals surface area contributed by atoms with Crippen LogP contribution in [0, 0.1) is 5.92 Å². The molecule has 0 fully saturated rings. The number of oxime groups is 1. The molecule has 0 aliphatic carbocycles. The van der Waals surface area contributed by atoms with Gasteiger partial charge in [-0.1, -0.05) is 104 Å². The van der Waals surface area contributed by atoms with Crippen molar-refractivity contribution in [2.45, 2.75) is 49.3 Å². The van der Waals surface area contributed by atoms with Crippen LogP contribution in [0.3, 0.4) is 0 Å². The number of para-hydroxylation sites is 1. The Balaban J connectivity index is 1.23. The summed E-state index contributed by atoms with van der Waals surface area (Å²) in [5.74, 6) is -2.37. The Hall–Kier alpha value is -5.79. The number of carbonyl (C=O) groups is 3. The highest BCUT2D eigenvalue weighted by Crippen LogP contribution is 2.31. The molecule has 274 valence electrons. The van der Waals surface area contributed by atoms with Crippen LogP contribution in [0.15, 0.2) is 125 Å². The van der Waals surface area contributed by atoms with Crippen LogP contribution in [0.2, 0.25) is 0 Å². The topological polar surface area (TPSA) is 170 Å². The molecule has 0 radical (unpaired) electrons. The van der Waals surface area contributed by atoms with E-state index < -0.39 is 65.0 Å². The molecule has 0 bridgehead atoms. The molecule has 53 heavy (non-hydrogen) atoms. The maximum absolute atomic E-state index is 14.2. The van der Waals surface area contributed by atoms with E-state index in [-0.39, 0.29) is 22.9 Å². The number of amides is 1. The van der Waals surface area contributed by atoms with Gasteiger partial charge < -0.3 is 24.7 Å². The summed E-state index contributed by atoms with van der Waals surface area (Å²) in [6.07, 6.45) is -0.956. The van der Waals surface area contributed by atoms with E-state index in [9.17, 15) is 27.9 Å². The molecule has 12 nitrogen and oxygen atoms in total. The van der Waals surface area contributed by atoms with Gasteiger partial charge in [-0.3, -0.25) is 14.4 Å². The van der Waals surface area contributed by atoms with E-state index in [4.69, 9.17) is 14.3 Å². The van der Waals surface area contributed by atoms with Crippen LogP contribution >= 0.6 is 0 Å². The van der Waals surface area contributed by atoms with Gasteiger partial charge in [0.25, 0.3) is 11.5 Å². The summed E-state index contributed by atoms with van der Waals surface area (Å²) in [6, 6.07) is 31.3. The van der Waals surface area contributed by atoms with Crippen molar-refractivity contribution in [3.63, 3.8) is 0 Å². The third-order valence-electron chi connectivity index (χ3n) is 8.96. The number of carbonyl (C=O) groups excluding carboxylic acids is 2. The molecule has 3 N–H and O–H groups in total. The lowest BCUT2D eigenvalue weighted by Gasteiger charge is -2.28. The van der Waals surface area contributed by atoms with E-state index in [0.29, 0.717) is 11.5 Å². The molecule has 0 aromatic heterocycles. The molecule has 1 aliphatic heterocycles. The molecule has 5 aromatic rings. The smallest absolute Gasteiger partial charge is 0.305 e. The summed E-state index contributed by atoms with van der Waals surface area (Å²) in [5, 5.41) is 19.8. The number of Topliss-reactive ketones (excluding diaryl/α,β-unsaturated/α-hetero) is 1. The SMILES string of the molecule is CC(C)C(NS(=O)(=O)c1ccc2ccccc2c1)C1=NOC(COc2ccccc2)(C(=O)N[C@@H](CC(=O)O)C(=O)COc2cccc3ccccc23)C1. The molecular weight excluding hydrogens is 699 g/mol. The van der Waals surface area contributed by atoms with Crippen LogP contribution in [0.1, 0.15) is 26.7 Å².